The third kappa shape index (κ3) is 4.51. The van der Waals surface area contributed by atoms with Crippen molar-refractivity contribution in [1.82, 2.24) is 9.62 Å². The monoisotopic (exact) mass is 401 g/mol. The summed E-state index contributed by atoms with van der Waals surface area (Å²) in [5.74, 6) is 1.03. The number of hydrogen-bond donors (Lipinski definition) is 1. The molecular formula is C20H23N3O4S. The van der Waals surface area contributed by atoms with Crippen LogP contribution in [0.1, 0.15) is 24.5 Å². The minimum atomic E-state index is -3.56. The highest BCUT2D eigenvalue weighted by atomic mass is 32.2. The van der Waals surface area contributed by atoms with Gasteiger partial charge in [0.1, 0.15) is 11.6 Å². The van der Waals surface area contributed by atoms with E-state index in [1.165, 1.54) is 6.07 Å². The molecule has 1 amide bonds. The van der Waals surface area contributed by atoms with E-state index < -0.39 is 10.0 Å². The fourth-order valence-electron chi connectivity index (χ4n) is 2.93. The van der Waals surface area contributed by atoms with Crippen LogP contribution < -0.4 is 9.46 Å². The predicted molar refractivity (Wildman–Crippen MR) is 107 cm³/mol. The van der Waals surface area contributed by atoms with E-state index in [0.717, 1.165) is 11.3 Å². The topological polar surface area (TPSA) is 88.1 Å². The van der Waals surface area contributed by atoms with Gasteiger partial charge >= 0.3 is 0 Å². The van der Waals surface area contributed by atoms with Gasteiger partial charge in [-0.15, -0.1) is 0 Å². The summed E-state index contributed by atoms with van der Waals surface area (Å²) in [7, 11) is -1.82. The van der Waals surface area contributed by atoms with Crippen molar-refractivity contribution in [2.45, 2.75) is 24.8 Å². The van der Waals surface area contributed by atoms with Crippen LogP contribution in [0.25, 0.3) is 0 Å². The Kier molecular flexibility index (Phi) is 5.99. The van der Waals surface area contributed by atoms with Crippen LogP contribution in [0.5, 0.6) is 5.75 Å². The molecule has 1 N–H and O–H groups in total. The van der Waals surface area contributed by atoms with Crippen molar-refractivity contribution < 1.29 is 17.9 Å². The molecule has 1 heterocycles. The van der Waals surface area contributed by atoms with E-state index in [-0.39, 0.29) is 29.6 Å². The molecule has 0 saturated heterocycles. The van der Waals surface area contributed by atoms with Crippen molar-refractivity contribution >= 4 is 21.8 Å². The molecule has 8 heteroatoms. The third-order valence-corrected chi connectivity index (χ3v) is 5.74. The zero-order valence-electron chi connectivity index (χ0n) is 15.9. The van der Waals surface area contributed by atoms with Gasteiger partial charge in [0.15, 0.2) is 0 Å². The highest BCUT2D eigenvalue weighted by Gasteiger charge is 2.29. The van der Waals surface area contributed by atoms with Gasteiger partial charge in [0, 0.05) is 25.6 Å². The summed E-state index contributed by atoms with van der Waals surface area (Å²) in [5.41, 5.74) is 1.54. The lowest BCUT2D eigenvalue weighted by Gasteiger charge is -2.17. The van der Waals surface area contributed by atoms with Crippen LogP contribution in [0.3, 0.4) is 0 Å². The highest BCUT2D eigenvalue weighted by Crippen LogP contribution is 2.22. The summed E-state index contributed by atoms with van der Waals surface area (Å²) in [6, 6.07) is 14.3. The van der Waals surface area contributed by atoms with Crippen LogP contribution >= 0.6 is 0 Å². The van der Waals surface area contributed by atoms with Gasteiger partial charge in [-0.3, -0.25) is 14.5 Å². The largest absolute Gasteiger partial charge is 0.494 e. The lowest BCUT2D eigenvalue weighted by Crippen LogP contribution is -2.27. The van der Waals surface area contributed by atoms with Crippen molar-refractivity contribution in [3.8, 4) is 5.75 Å². The molecule has 1 aliphatic heterocycles. The molecule has 0 unspecified atom stereocenters. The summed E-state index contributed by atoms with van der Waals surface area (Å²) in [6.07, 6.45) is 0.195. The molecular weight excluding hydrogens is 378 g/mol. The van der Waals surface area contributed by atoms with Gasteiger partial charge in [0.05, 0.1) is 18.0 Å². The molecule has 7 nitrogen and oxygen atoms in total. The summed E-state index contributed by atoms with van der Waals surface area (Å²) < 4.78 is 32.0. The van der Waals surface area contributed by atoms with E-state index in [0.29, 0.717) is 18.7 Å². The Balaban J connectivity index is 1.56. The van der Waals surface area contributed by atoms with Crippen LogP contribution in [-0.4, -0.2) is 45.3 Å². The first-order valence-electron chi connectivity index (χ1n) is 9.03. The lowest BCUT2D eigenvalue weighted by atomic mass is 10.2. The van der Waals surface area contributed by atoms with Gasteiger partial charge in [-0.1, -0.05) is 24.3 Å². The van der Waals surface area contributed by atoms with Gasteiger partial charge in [0.2, 0.25) is 5.91 Å². The molecule has 0 aliphatic carbocycles. The van der Waals surface area contributed by atoms with Crippen LogP contribution in [0.15, 0.2) is 58.4 Å². The molecule has 148 valence electrons. The number of hydrogen-bond acceptors (Lipinski definition) is 5. The molecule has 2 aromatic rings. The molecule has 0 aromatic heterocycles. The normalized spacial score (nSPS) is 15.7. The third-order valence-electron chi connectivity index (χ3n) is 4.34. The Bertz CT molecular complexity index is 985. The first-order chi connectivity index (χ1) is 13.4. The predicted octanol–water partition coefficient (Wildman–Crippen LogP) is 2.17. The number of nitrogens with zero attached hydrogens (tertiary/aromatic N) is 2. The number of benzene rings is 2. The summed E-state index contributed by atoms with van der Waals surface area (Å²) in [5, 5.41) is 0. The number of rotatable bonds is 7. The minimum absolute atomic E-state index is 0.0626. The van der Waals surface area contributed by atoms with Crippen molar-refractivity contribution in [2.75, 3.05) is 20.2 Å². The summed E-state index contributed by atoms with van der Waals surface area (Å²) in [6.45, 7) is 3.23. The number of nitrogens with one attached hydrogen (secondary N) is 1. The number of fused-ring (bicyclic) bond motifs is 1. The van der Waals surface area contributed by atoms with E-state index in [4.69, 9.17) is 4.74 Å². The molecule has 0 atom stereocenters. The van der Waals surface area contributed by atoms with Crippen LogP contribution in [-0.2, 0) is 21.4 Å². The molecule has 0 saturated carbocycles. The zero-order chi connectivity index (χ0) is 20.1. The number of amides is 1. The van der Waals surface area contributed by atoms with E-state index in [2.05, 4.69) is 9.71 Å². The van der Waals surface area contributed by atoms with E-state index in [9.17, 15) is 13.2 Å². The van der Waals surface area contributed by atoms with Gasteiger partial charge in [-0.25, -0.2) is 8.42 Å². The number of ether oxygens (including phenoxy) is 1. The smallest absolute Gasteiger partial charge is 0.263 e. The second-order valence-corrected chi connectivity index (χ2v) is 8.06. The average Bonchev–Trinajstić information content (AvgIpc) is 2.94. The minimum Gasteiger partial charge on any atom is -0.494 e. The maximum absolute atomic E-state index is 12.4. The van der Waals surface area contributed by atoms with Crippen LogP contribution in [0.2, 0.25) is 0 Å². The maximum Gasteiger partial charge on any atom is 0.263 e. The standard InChI is InChI=1S/C20H23N3O4S/c1-3-27-16-10-8-15(9-11-16)14-23(2)19(24)12-13-21-20-17-6-4-5-7-18(17)28(25,26)22-20/h4-11H,3,12-14H2,1-2H3,(H,21,22). The fourth-order valence-corrected chi connectivity index (χ4v) is 4.18. The highest BCUT2D eigenvalue weighted by molar-refractivity contribution is 7.90. The maximum atomic E-state index is 12.4. The number of carbonyl (C=O) groups is 1. The van der Waals surface area contributed by atoms with Gasteiger partial charge < -0.3 is 9.64 Å². The molecule has 0 spiro atoms. The molecule has 3 rings (SSSR count). The van der Waals surface area contributed by atoms with Crippen molar-refractivity contribution in [3.05, 3.63) is 59.7 Å². The van der Waals surface area contributed by atoms with E-state index in [1.807, 2.05) is 31.2 Å². The number of amidine groups is 1. The van der Waals surface area contributed by atoms with E-state index in [1.54, 1.807) is 30.1 Å². The summed E-state index contributed by atoms with van der Waals surface area (Å²) >= 11 is 0. The molecule has 0 bridgehead atoms. The SMILES string of the molecule is CCOc1ccc(CN(C)C(=O)CCN=C2NS(=O)(=O)c3ccccc32)cc1. The van der Waals surface area contributed by atoms with Gasteiger partial charge in [0.25, 0.3) is 10.0 Å². The molecule has 0 radical (unpaired) electrons. The van der Waals surface area contributed by atoms with Gasteiger partial charge in [-0.05, 0) is 36.8 Å². The molecule has 0 fully saturated rings. The average molecular weight is 401 g/mol. The van der Waals surface area contributed by atoms with E-state index >= 15 is 0 Å². The van der Waals surface area contributed by atoms with Gasteiger partial charge in [-0.2, -0.15) is 0 Å². The molecule has 1 aliphatic rings. The van der Waals surface area contributed by atoms with Crippen molar-refractivity contribution in [3.63, 3.8) is 0 Å². The Labute approximate surface area is 165 Å². The molecule has 28 heavy (non-hydrogen) atoms. The number of carbonyl (C=O) groups excluding carboxylic acids is 1. The second kappa shape index (κ2) is 8.43. The first-order valence-corrected chi connectivity index (χ1v) is 10.5. The number of aliphatic imine (C=N–C) groups is 1. The Morgan fingerprint density at radius 2 is 1.86 bits per heavy atom. The van der Waals surface area contributed by atoms with Crippen molar-refractivity contribution in [1.29, 1.82) is 0 Å². The lowest BCUT2D eigenvalue weighted by molar-refractivity contribution is -0.130. The number of sulfonamides is 1. The zero-order valence-corrected chi connectivity index (χ0v) is 16.7. The Morgan fingerprint density at radius 3 is 2.57 bits per heavy atom. The Hall–Kier alpha value is -2.87. The van der Waals surface area contributed by atoms with Crippen LogP contribution in [0.4, 0.5) is 0 Å². The first kappa shape index (κ1) is 19.9. The fraction of sp³-hybridized carbons (Fsp3) is 0.300. The Morgan fingerprint density at radius 1 is 1.14 bits per heavy atom. The van der Waals surface area contributed by atoms with Crippen molar-refractivity contribution in [2.24, 2.45) is 4.99 Å². The summed E-state index contributed by atoms with van der Waals surface area (Å²) in [4.78, 5) is 18.5. The quantitative estimate of drug-likeness (QED) is 0.770. The van der Waals surface area contributed by atoms with Crippen LogP contribution in [0, 0.1) is 0 Å². The second-order valence-electron chi connectivity index (χ2n) is 6.41. The molecule has 2 aromatic carbocycles.